The predicted octanol–water partition coefficient (Wildman–Crippen LogP) is 5.68. The summed E-state index contributed by atoms with van der Waals surface area (Å²) in [7, 11) is 0. The lowest BCUT2D eigenvalue weighted by Gasteiger charge is -2.59. The maximum Gasteiger partial charge on any atom is 0.155 e. The van der Waals surface area contributed by atoms with Crippen LogP contribution < -0.4 is 0 Å². The monoisotopic (exact) mass is 416 g/mol. The zero-order chi connectivity index (χ0) is 21.9. The Balaban J connectivity index is 1.57. The Morgan fingerprint density at radius 1 is 1.17 bits per heavy atom. The standard InChI is InChI=1S/C27H44O3/c1-17(2)7-6-12-27(5,30)24-23(29)16-22-20-9-8-18-15-19(28)10-13-25(18,3)21(20)11-14-26(22,24)4/h15,17,20-24,29-30H,6-14,16H2,1-5H3/t20-,21+,22+,23-,24+,25+,26+,27?/m1/s1. The van der Waals surface area contributed by atoms with Gasteiger partial charge in [0.15, 0.2) is 5.78 Å². The van der Waals surface area contributed by atoms with Crippen molar-refractivity contribution in [1.82, 2.24) is 0 Å². The average molecular weight is 417 g/mol. The van der Waals surface area contributed by atoms with Gasteiger partial charge in [0.2, 0.25) is 0 Å². The van der Waals surface area contributed by atoms with E-state index in [-0.39, 0.29) is 16.7 Å². The van der Waals surface area contributed by atoms with Crippen molar-refractivity contribution in [3.8, 4) is 0 Å². The first-order valence-corrected chi connectivity index (χ1v) is 12.6. The topological polar surface area (TPSA) is 57.5 Å². The van der Waals surface area contributed by atoms with Crippen LogP contribution in [-0.4, -0.2) is 27.7 Å². The number of fused-ring (bicyclic) bond motifs is 5. The van der Waals surface area contributed by atoms with E-state index in [4.69, 9.17) is 0 Å². The van der Waals surface area contributed by atoms with Crippen molar-refractivity contribution >= 4 is 5.78 Å². The molecule has 4 aliphatic rings. The van der Waals surface area contributed by atoms with Gasteiger partial charge in [-0.15, -0.1) is 0 Å². The van der Waals surface area contributed by atoms with Crippen LogP contribution in [0.4, 0.5) is 0 Å². The summed E-state index contributed by atoms with van der Waals surface area (Å²) in [6.45, 7) is 11.3. The highest BCUT2D eigenvalue weighted by Crippen LogP contribution is 2.68. The molecule has 3 saturated carbocycles. The molecular weight excluding hydrogens is 372 g/mol. The molecule has 170 valence electrons. The number of hydrogen-bond acceptors (Lipinski definition) is 3. The van der Waals surface area contributed by atoms with Crippen molar-refractivity contribution in [1.29, 1.82) is 0 Å². The number of ketones is 1. The van der Waals surface area contributed by atoms with Gasteiger partial charge in [-0.2, -0.15) is 0 Å². The highest BCUT2D eigenvalue weighted by Gasteiger charge is 2.64. The second kappa shape index (κ2) is 7.73. The summed E-state index contributed by atoms with van der Waals surface area (Å²) < 4.78 is 0. The van der Waals surface area contributed by atoms with E-state index in [1.807, 2.05) is 13.0 Å². The Labute approximate surface area is 183 Å². The second-order valence-corrected chi connectivity index (χ2v) is 12.4. The molecule has 1 unspecified atom stereocenters. The highest BCUT2D eigenvalue weighted by molar-refractivity contribution is 5.91. The number of aliphatic hydroxyl groups is 2. The summed E-state index contributed by atoms with van der Waals surface area (Å²) in [6, 6.07) is 0. The number of carbonyl (C=O) groups is 1. The molecule has 3 nitrogen and oxygen atoms in total. The van der Waals surface area contributed by atoms with E-state index in [0.717, 1.165) is 51.4 Å². The van der Waals surface area contributed by atoms with Gasteiger partial charge in [0.1, 0.15) is 0 Å². The molecule has 0 bridgehead atoms. The van der Waals surface area contributed by atoms with Crippen LogP contribution in [-0.2, 0) is 4.79 Å². The van der Waals surface area contributed by atoms with Crippen LogP contribution in [0.2, 0.25) is 0 Å². The fraction of sp³-hybridized carbons (Fsp3) is 0.889. The van der Waals surface area contributed by atoms with Crippen molar-refractivity contribution in [3.05, 3.63) is 11.6 Å². The lowest BCUT2D eigenvalue weighted by atomic mass is 9.46. The van der Waals surface area contributed by atoms with Crippen LogP contribution in [0, 0.1) is 40.4 Å². The van der Waals surface area contributed by atoms with E-state index in [9.17, 15) is 15.0 Å². The van der Waals surface area contributed by atoms with E-state index in [0.29, 0.717) is 35.9 Å². The van der Waals surface area contributed by atoms with Gasteiger partial charge in [0.25, 0.3) is 0 Å². The summed E-state index contributed by atoms with van der Waals surface area (Å²) in [5.41, 5.74) is 0.788. The van der Waals surface area contributed by atoms with E-state index in [2.05, 4.69) is 27.7 Å². The van der Waals surface area contributed by atoms with Crippen LogP contribution in [0.1, 0.15) is 98.8 Å². The van der Waals surface area contributed by atoms with E-state index in [1.54, 1.807) is 0 Å². The average Bonchev–Trinajstić information content (AvgIpc) is 2.92. The number of aliphatic hydroxyl groups excluding tert-OH is 1. The van der Waals surface area contributed by atoms with Crippen molar-refractivity contribution in [2.75, 3.05) is 0 Å². The predicted molar refractivity (Wildman–Crippen MR) is 121 cm³/mol. The van der Waals surface area contributed by atoms with Crippen LogP contribution in [0.3, 0.4) is 0 Å². The third kappa shape index (κ3) is 3.52. The van der Waals surface area contributed by atoms with Gasteiger partial charge in [-0.25, -0.2) is 0 Å². The number of rotatable bonds is 5. The molecule has 4 aliphatic carbocycles. The third-order valence-corrected chi connectivity index (χ3v) is 10.1. The molecule has 4 rings (SSSR count). The minimum Gasteiger partial charge on any atom is -0.393 e. The zero-order valence-electron chi connectivity index (χ0n) is 19.9. The SMILES string of the molecule is CC(C)CCCC(C)(O)[C@H]1[C@H](O)C[C@H]2[C@@H]3CCC4=CC(=O)CC[C@]4(C)[C@H]3CC[C@]12C. The fourth-order valence-corrected chi connectivity index (χ4v) is 8.72. The van der Waals surface area contributed by atoms with E-state index >= 15 is 0 Å². The zero-order valence-corrected chi connectivity index (χ0v) is 19.9. The number of hydrogen-bond donors (Lipinski definition) is 2. The van der Waals surface area contributed by atoms with Crippen LogP contribution in [0.15, 0.2) is 11.6 Å². The maximum atomic E-state index is 12.0. The van der Waals surface area contributed by atoms with Gasteiger partial charge in [0.05, 0.1) is 11.7 Å². The normalized spacial score (nSPS) is 45.4. The molecule has 0 saturated heterocycles. The molecule has 0 aromatic heterocycles. The molecule has 3 fully saturated rings. The molecule has 30 heavy (non-hydrogen) atoms. The molecular formula is C27H44O3. The van der Waals surface area contributed by atoms with Gasteiger partial charge >= 0.3 is 0 Å². The molecule has 0 amide bonds. The van der Waals surface area contributed by atoms with Crippen molar-refractivity contribution in [2.24, 2.45) is 40.4 Å². The molecule has 0 spiro atoms. The van der Waals surface area contributed by atoms with E-state index in [1.165, 1.54) is 12.0 Å². The Morgan fingerprint density at radius 3 is 2.60 bits per heavy atom. The van der Waals surface area contributed by atoms with Crippen LogP contribution in [0.5, 0.6) is 0 Å². The van der Waals surface area contributed by atoms with Gasteiger partial charge in [-0.05, 0) is 92.4 Å². The minimum atomic E-state index is -0.800. The smallest absolute Gasteiger partial charge is 0.155 e. The first kappa shape index (κ1) is 22.5. The Kier molecular flexibility index (Phi) is 5.80. The molecule has 0 aliphatic heterocycles. The summed E-state index contributed by atoms with van der Waals surface area (Å²) in [5.74, 6) is 2.67. The molecule has 3 heteroatoms. The second-order valence-electron chi connectivity index (χ2n) is 12.4. The lowest BCUT2D eigenvalue weighted by molar-refractivity contribution is -0.128. The quantitative estimate of drug-likeness (QED) is 0.606. The van der Waals surface area contributed by atoms with Crippen molar-refractivity contribution in [2.45, 2.75) is 111 Å². The molecule has 0 radical (unpaired) electrons. The third-order valence-electron chi connectivity index (χ3n) is 10.1. The van der Waals surface area contributed by atoms with Gasteiger partial charge in [-0.3, -0.25) is 4.79 Å². The summed E-state index contributed by atoms with van der Waals surface area (Å²) in [6.07, 6.45) is 11.5. The Bertz CT molecular complexity index is 707. The molecule has 8 atom stereocenters. The first-order valence-electron chi connectivity index (χ1n) is 12.6. The highest BCUT2D eigenvalue weighted by atomic mass is 16.3. The Morgan fingerprint density at radius 2 is 1.90 bits per heavy atom. The molecule has 0 heterocycles. The summed E-state index contributed by atoms with van der Waals surface area (Å²) >= 11 is 0. The van der Waals surface area contributed by atoms with Gasteiger partial charge in [-0.1, -0.05) is 46.1 Å². The minimum absolute atomic E-state index is 0.0178. The fourth-order valence-electron chi connectivity index (χ4n) is 8.72. The van der Waals surface area contributed by atoms with Crippen molar-refractivity contribution < 1.29 is 15.0 Å². The number of allylic oxidation sites excluding steroid dienone is 1. The lowest BCUT2D eigenvalue weighted by Crippen LogP contribution is -2.54. The van der Waals surface area contributed by atoms with Gasteiger partial charge in [0, 0.05) is 12.3 Å². The van der Waals surface area contributed by atoms with Gasteiger partial charge < -0.3 is 10.2 Å². The van der Waals surface area contributed by atoms with E-state index < -0.39 is 11.7 Å². The molecule has 0 aromatic carbocycles. The Hall–Kier alpha value is -0.670. The summed E-state index contributed by atoms with van der Waals surface area (Å²) in [5, 5.41) is 22.8. The molecule has 2 N–H and O–H groups in total. The number of carbonyl (C=O) groups excluding carboxylic acids is 1. The van der Waals surface area contributed by atoms with Crippen LogP contribution >= 0.6 is 0 Å². The first-order chi connectivity index (χ1) is 14.0. The largest absolute Gasteiger partial charge is 0.393 e. The van der Waals surface area contributed by atoms with Crippen LogP contribution in [0.25, 0.3) is 0 Å². The molecule has 0 aromatic rings. The van der Waals surface area contributed by atoms with Crippen molar-refractivity contribution in [3.63, 3.8) is 0 Å². The summed E-state index contributed by atoms with van der Waals surface area (Å²) in [4.78, 5) is 12.0. The maximum absolute atomic E-state index is 12.0.